The predicted molar refractivity (Wildman–Crippen MR) is 84.3 cm³/mol. The first-order valence-corrected chi connectivity index (χ1v) is 7.72. The highest BCUT2D eigenvalue weighted by molar-refractivity contribution is 5.56. The van der Waals surface area contributed by atoms with Crippen molar-refractivity contribution in [2.75, 3.05) is 37.3 Å². The number of nitrogens with one attached hydrogen (secondary N) is 2. The molecule has 1 atom stereocenters. The zero-order valence-corrected chi connectivity index (χ0v) is 12.9. The van der Waals surface area contributed by atoms with Gasteiger partial charge < -0.3 is 15.5 Å². The minimum absolute atomic E-state index is 0.616. The number of hydrogen-bond acceptors (Lipinski definition) is 5. The Labute approximate surface area is 122 Å². The molecule has 0 saturated carbocycles. The Balaban J connectivity index is 1.95. The van der Waals surface area contributed by atoms with Crippen LogP contribution in [0.4, 0.5) is 11.6 Å². The maximum atomic E-state index is 4.38. The second kappa shape index (κ2) is 7.43. The topological polar surface area (TPSA) is 53.1 Å². The molecule has 0 bridgehead atoms. The molecule has 2 heterocycles. The number of nitrogens with zero attached hydrogens (tertiary/aromatic N) is 3. The summed E-state index contributed by atoms with van der Waals surface area (Å²) < 4.78 is 0. The van der Waals surface area contributed by atoms with Crippen molar-refractivity contribution in [3.63, 3.8) is 0 Å². The maximum Gasteiger partial charge on any atom is 0.134 e. The minimum atomic E-state index is 0.616. The van der Waals surface area contributed by atoms with Gasteiger partial charge in [0, 0.05) is 24.7 Å². The van der Waals surface area contributed by atoms with Crippen LogP contribution in [0.25, 0.3) is 0 Å². The highest BCUT2D eigenvalue weighted by Gasteiger charge is 2.19. The highest BCUT2D eigenvalue weighted by Crippen LogP contribution is 2.20. The number of hydrogen-bond donors (Lipinski definition) is 2. The average Bonchev–Trinajstić information content (AvgIpc) is 2.46. The quantitative estimate of drug-likeness (QED) is 0.837. The van der Waals surface area contributed by atoms with Crippen molar-refractivity contribution < 1.29 is 0 Å². The van der Waals surface area contributed by atoms with Crippen LogP contribution in [-0.4, -0.2) is 47.6 Å². The van der Waals surface area contributed by atoms with Crippen molar-refractivity contribution in [2.45, 2.75) is 45.6 Å². The molecule has 0 amide bonds. The minimum Gasteiger partial charge on any atom is -0.370 e. The van der Waals surface area contributed by atoms with Gasteiger partial charge in [-0.25, -0.2) is 9.97 Å². The Hall–Kier alpha value is -1.36. The lowest BCUT2D eigenvalue weighted by atomic mass is 10.0. The first-order valence-electron chi connectivity index (χ1n) is 7.72. The molecular formula is C15H27N5. The van der Waals surface area contributed by atoms with E-state index < -0.39 is 0 Å². The number of piperidine rings is 1. The molecule has 1 fully saturated rings. The van der Waals surface area contributed by atoms with Crippen molar-refractivity contribution in [1.29, 1.82) is 0 Å². The van der Waals surface area contributed by atoms with Crippen LogP contribution in [0.1, 0.15) is 38.2 Å². The molecule has 1 aromatic rings. The van der Waals surface area contributed by atoms with Gasteiger partial charge in [0.1, 0.15) is 18.0 Å². The van der Waals surface area contributed by atoms with Crippen LogP contribution in [-0.2, 0) is 0 Å². The summed E-state index contributed by atoms with van der Waals surface area (Å²) in [6.45, 7) is 7.34. The average molecular weight is 277 g/mol. The smallest absolute Gasteiger partial charge is 0.134 e. The molecule has 1 saturated heterocycles. The Morgan fingerprint density at radius 2 is 2.00 bits per heavy atom. The zero-order chi connectivity index (χ0) is 14.4. The first-order chi connectivity index (χ1) is 9.72. The third kappa shape index (κ3) is 3.82. The summed E-state index contributed by atoms with van der Waals surface area (Å²) in [5, 5.41) is 6.85. The molecule has 2 N–H and O–H groups in total. The fourth-order valence-electron chi connectivity index (χ4n) is 2.67. The molecule has 20 heavy (non-hydrogen) atoms. The lowest BCUT2D eigenvalue weighted by molar-refractivity contribution is 0.194. The third-order valence-electron chi connectivity index (χ3n) is 4.05. The monoisotopic (exact) mass is 277 g/mol. The lowest BCUT2D eigenvalue weighted by Crippen LogP contribution is -2.40. The Kier molecular flexibility index (Phi) is 5.59. The molecular weight excluding hydrogens is 250 g/mol. The number of likely N-dealkylation sites (N-methyl/N-ethyl adjacent to an activating group) is 1. The van der Waals surface area contributed by atoms with Crippen LogP contribution in [0, 0.1) is 6.92 Å². The van der Waals surface area contributed by atoms with E-state index in [0.29, 0.717) is 6.04 Å². The van der Waals surface area contributed by atoms with Crippen LogP contribution < -0.4 is 10.6 Å². The van der Waals surface area contributed by atoms with Crippen LogP contribution in [0.15, 0.2) is 6.33 Å². The summed E-state index contributed by atoms with van der Waals surface area (Å²) >= 11 is 0. The number of likely N-dealkylation sites (tertiary alicyclic amines) is 1. The molecule has 0 aliphatic carbocycles. The van der Waals surface area contributed by atoms with Crippen LogP contribution >= 0.6 is 0 Å². The summed E-state index contributed by atoms with van der Waals surface area (Å²) in [5.74, 6) is 1.90. The molecule has 5 nitrogen and oxygen atoms in total. The molecule has 1 unspecified atom stereocenters. The van der Waals surface area contributed by atoms with Gasteiger partial charge in [-0.05, 0) is 39.8 Å². The lowest BCUT2D eigenvalue weighted by Gasteiger charge is -2.32. The standard InChI is InChI=1S/C15H27N5/c1-4-8-16-14-12(2)15(19-11-18-14)17-10-13-7-5-6-9-20(13)3/h11,13H,4-10H2,1-3H3,(H2,16,17,18,19). The molecule has 1 aromatic heterocycles. The van der Waals surface area contributed by atoms with Crippen molar-refractivity contribution in [1.82, 2.24) is 14.9 Å². The zero-order valence-electron chi connectivity index (χ0n) is 12.9. The summed E-state index contributed by atoms with van der Waals surface area (Å²) in [7, 11) is 2.21. The van der Waals surface area contributed by atoms with E-state index in [2.05, 4.69) is 46.4 Å². The summed E-state index contributed by atoms with van der Waals surface area (Å²) in [6.07, 6.45) is 6.67. The Bertz CT molecular complexity index is 421. The second-order valence-electron chi connectivity index (χ2n) is 5.63. The van der Waals surface area contributed by atoms with E-state index in [0.717, 1.165) is 36.7 Å². The Morgan fingerprint density at radius 1 is 1.25 bits per heavy atom. The predicted octanol–water partition coefficient (Wildman–Crippen LogP) is 2.50. The molecule has 2 rings (SSSR count). The first kappa shape index (κ1) is 15.0. The van der Waals surface area contributed by atoms with Gasteiger partial charge >= 0.3 is 0 Å². The van der Waals surface area contributed by atoms with Gasteiger partial charge in [-0.2, -0.15) is 0 Å². The molecule has 1 aliphatic rings. The van der Waals surface area contributed by atoms with E-state index >= 15 is 0 Å². The number of anilines is 2. The highest BCUT2D eigenvalue weighted by atomic mass is 15.2. The van der Waals surface area contributed by atoms with E-state index in [1.54, 1.807) is 6.33 Å². The SMILES string of the molecule is CCCNc1ncnc(NCC2CCCCN2C)c1C. The van der Waals surface area contributed by atoms with E-state index in [-0.39, 0.29) is 0 Å². The fraction of sp³-hybridized carbons (Fsp3) is 0.733. The van der Waals surface area contributed by atoms with Crippen molar-refractivity contribution in [3.05, 3.63) is 11.9 Å². The summed E-state index contributed by atoms with van der Waals surface area (Å²) in [5.41, 5.74) is 1.11. The van der Waals surface area contributed by atoms with E-state index in [1.165, 1.54) is 25.8 Å². The maximum absolute atomic E-state index is 4.38. The van der Waals surface area contributed by atoms with Gasteiger partial charge in [-0.15, -0.1) is 0 Å². The van der Waals surface area contributed by atoms with E-state index in [4.69, 9.17) is 0 Å². The fourth-order valence-corrected chi connectivity index (χ4v) is 2.67. The van der Waals surface area contributed by atoms with Gasteiger partial charge in [0.25, 0.3) is 0 Å². The largest absolute Gasteiger partial charge is 0.370 e. The normalized spacial score (nSPS) is 19.9. The molecule has 0 spiro atoms. The van der Waals surface area contributed by atoms with Crippen LogP contribution in [0.2, 0.25) is 0 Å². The van der Waals surface area contributed by atoms with E-state index in [9.17, 15) is 0 Å². The number of aromatic nitrogens is 2. The van der Waals surface area contributed by atoms with Gasteiger partial charge in [-0.1, -0.05) is 13.3 Å². The third-order valence-corrected chi connectivity index (χ3v) is 4.05. The second-order valence-corrected chi connectivity index (χ2v) is 5.63. The van der Waals surface area contributed by atoms with Crippen molar-refractivity contribution >= 4 is 11.6 Å². The van der Waals surface area contributed by atoms with Crippen molar-refractivity contribution in [2.24, 2.45) is 0 Å². The van der Waals surface area contributed by atoms with Crippen molar-refractivity contribution in [3.8, 4) is 0 Å². The molecule has 112 valence electrons. The van der Waals surface area contributed by atoms with E-state index in [1.807, 2.05) is 0 Å². The molecule has 1 aliphatic heterocycles. The summed E-state index contributed by atoms with van der Waals surface area (Å²) in [6, 6.07) is 0.616. The Morgan fingerprint density at radius 3 is 2.70 bits per heavy atom. The molecule has 0 radical (unpaired) electrons. The van der Waals surface area contributed by atoms with Gasteiger partial charge in [-0.3, -0.25) is 0 Å². The number of rotatable bonds is 6. The molecule has 0 aromatic carbocycles. The van der Waals surface area contributed by atoms with Gasteiger partial charge in [0.2, 0.25) is 0 Å². The summed E-state index contributed by atoms with van der Waals surface area (Å²) in [4.78, 5) is 11.1. The molecule has 5 heteroatoms. The van der Waals surface area contributed by atoms with Crippen LogP contribution in [0.5, 0.6) is 0 Å². The van der Waals surface area contributed by atoms with Gasteiger partial charge in [0.05, 0.1) is 0 Å². The van der Waals surface area contributed by atoms with Gasteiger partial charge in [0.15, 0.2) is 0 Å². The van der Waals surface area contributed by atoms with Crippen LogP contribution in [0.3, 0.4) is 0 Å².